The first kappa shape index (κ1) is 13.5. The van der Waals surface area contributed by atoms with E-state index in [0.717, 1.165) is 11.5 Å². The number of hydrogen-bond acceptors (Lipinski definition) is 2. The smallest absolute Gasteiger partial charge is 0.123 e. The molecule has 0 aromatic heterocycles. The molecule has 100 valence electrons. The van der Waals surface area contributed by atoms with Gasteiger partial charge in [-0.1, -0.05) is 25.0 Å². The molecule has 1 aliphatic rings. The summed E-state index contributed by atoms with van der Waals surface area (Å²) in [7, 11) is 0. The van der Waals surface area contributed by atoms with Crippen LogP contribution < -0.4 is 5.32 Å². The van der Waals surface area contributed by atoms with Gasteiger partial charge in [-0.15, -0.1) is 0 Å². The highest BCUT2D eigenvalue weighted by atomic mass is 19.1. The highest BCUT2D eigenvalue weighted by molar-refractivity contribution is 5.19. The van der Waals surface area contributed by atoms with Crippen LogP contribution in [-0.2, 0) is 0 Å². The Morgan fingerprint density at radius 2 is 1.89 bits per heavy atom. The number of hydrogen-bond donors (Lipinski definition) is 2. The summed E-state index contributed by atoms with van der Waals surface area (Å²) < 4.78 is 12.8. The Hall–Kier alpha value is -0.930. The summed E-state index contributed by atoms with van der Waals surface area (Å²) in [6.45, 7) is 4.13. The maximum absolute atomic E-state index is 12.8. The van der Waals surface area contributed by atoms with Crippen LogP contribution in [0.4, 0.5) is 4.39 Å². The van der Waals surface area contributed by atoms with E-state index in [1.807, 2.05) is 6.92 Å². The summed E-state index contributed by atoms with van der Waals surface area (Å²) in [6.07, 6.45) is 3.29. The van der Waals surface area contributed by atoms with Gasteiger partial charge >= 0.3 is 0 Å². The van der Waals surface area contributed by atoms with Gasteiger partial charge in [-0.05, 0) is 43.9 Å². The number of benzene rings is 1. The van der Waals surface area contributed by atoms with Crippen LogP contribution in [0.25, 0.3) is 0 Å². The lowest BCUT2D eigenvalue weighted by Crippen LogP contribution is -2.38. The fourth-order valence-corrected chi connectivity index (χ4v) is 2.41. The summed E-state index contributed by atoms with van der Waals surface area (Å²) in [5, 5.41) is 13.6. The van der Waals surface area contributed by atoms with E-state index in [0.29, 0.717) is 6.04 Å². The molecule has 3 unspecified atom stereocenters. The summed E-state index contributed by atoms with van der Waals surface area (Å²) in [6, 6.07) is 6.46. The van der Waals surface area contributed by atoms with Gasteiger partial charge in [-0.2, -0.15) is 0 Å². The van der Waals surface area contributed by atoms with Gasteiger partial charge in [0.2, 0.25) is 0 Å². The van der Waals surface area contributed by atoms with Gasteiger partial charge in [0.05, 0.1) is 6.10 Å². The average Bonchev–Trinajstić information content (AvgIpc) is 3.12. The molecule has 1 saturated carbocycles. The SMILES string of the molecule is CC(CC1CC1)NC(C)C(O)c1ccc(F)cc1. The van der Waals surface area contributed by atoms with Gasteiger partial charge in [-0.25, -0.2) is 4.39 Å². The number of aliphatic hydroxyl groups excluding tert-OH is 1. The van der Waals surface area contributed by atoms with Gasteiger partial charge in [0.25, 0.3) is 0 Å². The molecule has 18 heavy (non-hydrogen) atoms. The monoisotopic (exact) mass is 251 g/mol. The molecule has 2 rings (SSSR count). The van der Waals surface area contributed by atoms with E-state index >= 15 is 0 Å². The van der Waals surface area contributed by atoms with Crippen molar-refractivity contribution in [3.63, 3.8) is 0 Å². The van der Waals surface area contributed by atoms with E-state index in [1.165, 1.54) is 31.4 Å². The van der Waals surface area contributed by atoms with E-state index in [-0.39, 0.29) is 11.9 Å². The summed E-state index contributed by atoms with van der Waals surface area (Å²) >= 11 is 0. The summed E-state index contributed by atoms with van der Waals surface area (Å²) in [5.74, 6) is 0.608. The summed E-state index contributed by atoms with van der Waals surface area (Å²) in [4.78, 5) is 0. The molecule has 0 bridgehead atoms. The maximum atomic E-state index is 12.8. The van der Waals surface area contributed by atoms with Crippen LogP contribution in [0.2, 0.25) is 0 Å². The first-order chi connectivity index (χ1) is 8.56. The Kier molecular flexibility index (Phi) is 4.36. The Morgan fingerprint density at radius 3 is 2.44 bits per heavy atom. The van der Waals surface area contributed by atoms with Crippen LogP contribution in [0.15, 0.2) is 24.3 Å². The lowest BCUT2D eigenvalue weighted by Gasteiger charge is -2.24. The van der Waals surface area contributed by atoms with Crippen molar-refractivity contribution in [3.05, 3.63) is 35.6 Å². The van der Waals surface area contributed by atoms with Crippen molar-refractivity contribution in [2.45, 2.75) is 51.3 Å². The van der Waals surface area contributed by atoms with Crippen LogP contribution >= 0.6 is 0 Å². The number of rotatable bonds is 6. The molecule has 0 saturated heterocycles. The second-order valence-electron chi connectivity index (χ2n) is 5.53. The van der Waals surface area contributed by atoms with Gasteiger partial charge in [-0.3, -0.25) is 0 Å². The van der Waals surface area contributed by atoms with Crippen molar-refractivity contribution in [2.24, 2.45) is 5.92 Å². The molecule has 0 spiro atoms. The molecular formula is C15H22FNO. The van der Waals surface area contributed by atoms with Gasteiger partial charge in [0, 0.05) is 12.1 Å². The molecular weight excluding hydrogens is 229 g/mol. The van der Waals surface area contributed by atoms with Crippen molar-refractivity contribution in [1.29, 1.82) is 0 Å². The minimum atomic E-state index is -0.591. The van der Waals surface area contributed by atoms with Gasteiger partial charge in [0.15, 0.2) is 0 Å². The van der Waals surface area contributed by atoms with Crippen LogP contribution in [0.5, 0.6) is 0 Å². The zero-order valence-corrected chi connectivity index (χ0v) is 11.1. The van der Waals surface area contributed by atoms with E-state index < -0.39 is 6.10 Å². The minimum Gasteiger partial charge on any atom is -0.387 e. The van der Waals surface area contributed by atoms with Crippen molar-refractivity contribution in [3.8, 4) is 0 Å². The van der Waals surface area contributed by atoms with Crippen LogP contribution in [-0.4, -0.2) is 17.2 Å². The summed E-state index contributed by atoms with van der Waals surface area (Å²) in [5.41, 5.74) is 0.759. The standard InChI is InChI=1S/C15H22FNO/c1-10(9-12-3-4-12)17-11(2)15(18)13-5-7-14(16)8-6-13/h5-8,10-12,15,17-18H,3-4,9H2,1-2H3. The van der Waals surface area contributed by atoms with Crippen molar-refractivity contribution < 1.29 is 9.50 Å². The molecule has 0 amide bonds. The first-order valence-electron chi connectivity index (χ1n) is 6.76. The van der Waals surface area contributed by atoms with E-state index in [1.54, 1.807) is 12.1 Å². The quantitative estimate of drug-likeness (QED) is 0.814. The lowest BCUT2D eigenvalue weighted by atomic mass is 10.0. The van der Waals surface area contributed by atoms with Gasteiger partial charge < -0.3 is 10.4 Å². The highest BCUT2D eigenvalue weighted by Crippen LogP contribution is 2.33. The zero-order chi connectivity index (χ0) is 13.1. The third-order valence-electron chi connectivity index (χ3n) is 3.62. The second-order valence-corrected chi connectivity index (χ2v) is 5.53. The molecule has 1 aromatic rings. The molecule has 3 heteroatoms. The predicted octanol–water partition coefficient (Wildman–Crippen LogP) is 3.03. The molecule has 2 nitrogen and oxygen atoms in total. The largest absolute Gasteiger partial charge is 0.387 e. The Balaban J connectivity index is 1.86. The molecule has 1 aliphatic carbocycles. The average molecular weight is 251 g/mol. The fraction of sp³-hybridized carbons (Fsp3) is 0.600. The highest BCUT2D eigenvalue weighted by Gasteiger charge is 2.25. The van der Waals surface area contributed by atoms with Crippen LogP contribution in [0, 0.1) is 11.7 Å². The lowest BCUT2D eigenvalue weighted by molar-refractivity contribution is 0.129. The van der Waals surface area contributed by atoms with Crippen LogP contribution in [0.1, 0.15) is 44.8 Å². The number of aliphatic hydroxyl groups is 1. The topological polar surface area (TPSA) is 32.3 Å². The molecule has 0 radical (unpaired) electrons. The van der Waals surface area contributed by atoms with Gasteiger partial charge in [0.1, 0.15) is 5.82 Å². The van der Waals surface area contributed by atoms with Crippen LogP contribution in [0.3, 0.4) is 0 Å². The number of halogens is 1. The molecule has 1 fully saturated rings. The molecule has 2 N–H and O–H groups in total. The van der Waals surface area contributed by atoms with Crippen molar-refractivity contribution in [1.82, 2.24) is 5.32 Å². The van der Waals surface area contributed by atoms with E-state index in [2.05, 4.69) is 12.2 Å². The van der Waals surface area contributed by atoms with Crippen molar-refractivity contribution in [2.75, 3.05) is 0 Å². The Morgan fingerprint density at radius 1 is 1.28 bits per heavy atom. The fourth-order valence-electron chi connectivity index (χ4n) is 2.41. The van der Waals surface area contributed by atoms with E-state index in [9.17, 15) is 9.50 Å². The maximum Gasteiger partial charge on any atom is 0.123 e. The third kappa shape index (κ3) is 3.79. The normalized spacial score (nSPS) is 20.4. The zero-order valence-electron chi connectivity index (χ0n) is 11.1. The minimum absolute atomic E-state index is 0.0239. The molecule has 1 aromatic carbocycles. The predicted molar refractivity (Wildman–Crippen MR) is 70.8 cm³/mol. The Labute approximate surface area is 108 Å². The first-order valence-corrected chi connectivity index (χ1v) is 6.76. The second kappa shape index (κ2) is 5.81. The molecule has 3 atom stereocenters. The molecule has 0 heterocycles. The van der Waals surface area contributed by atoms with E-state index in [4.69, 9.17) is 0 Å². The molecule has 0 aliphatic heterocycles. The Bertz CT molecular complexity index is 375. The number of nitrogens with one attached hydrogen (secondary N) is 1. The third-order valence-corrected chi connectivity index (χ3v) is 3.62. The van der Waals surface area contributed by atoms with Crippen molar-refractivity contribution >= 4 is 0 Å².